The molecule has 0 saturated carbocycles. The first kappa shape index (κ1) is 17.9. The second-order valence-corrected chi connectivity index (χ2v) is 1.86. The van der Waals surface area contributed by atoms with Crippen LogP contribution < -0.4 is 10.6 Å². The van der Waals surface area contributed by atoms with Gasteiger partial charge in [-0.2, -0.15) is 0 Å². The van der Waals surface area contributed by atoms with E-state index in [-0.39, 0.29) is 37.3 Å². The van der Waals surface area contributed by atoms with Gasteiger partial charge in [-0.15, -0.1) is 24.8 Å². The average molecular weight is 219 g/mol. The lowest BCUT2D eigenvalue weighted by Gasteiger charge is -2.01. The molecular weight excluding hydrogens is 203 g/mol. The molecule has 0 spiro atoms. The molecule has 0 bridgehead atoms. The Morgan fingerprint density at radius 1 is 1.33 bits per heavy atom. The summed E-state index contributed by atoms with van der Waals surface area (Å²) in [4.78, 5) is 10.5. The Balaban J connectivity index is -0.000000405. The molecule has 0 amide bonds. The van der Waals surface area contributed by atoms with Crippen LogP contribution in [0.15, 0.2) is 0 Å². The van der Waals surface area contributed by atoms with Crippen molar-refractivity contribution in [3.8, 4) is 0 Å². The number of halogens is 2. The molecule has 0 atom stereocenters. The number of ether oxygens (including phenoxy) is 1. The lowest BCUT2D eigenvalue weighted by Crippen LogP contribution is -2.30. The molecule has 2 N–H and O–H groups in total. The van der Waals surface area contributed by atoms with E-state index in [4.69, 9.17) is 0 Å². The van der Waals surface area contributed by atoms with E-state index < -0.39 is 0 Å². The molecule has 76 valence electrons. The lowest BCUT2D eigenvalue weighted by atomic mass is 10.5. The van der Waals surface area contributed by atoms with Crippen LogP contribution in [0.4, 0.5) is 0 Å². The first-order chi connectivity index (χ1) is 4.81. The van der Waals surface area contributed by atoms with Gasteiger partial charge in [0.25, 0.3) is 0 Å². The Hall–Kier alpha value is -0.0300. The lowest BCUT2D eigenvalue weighted by molar-refractivity contribution is -0.139. The van der Waals surface area contributed by atoms with E-state index in [1.807, 2.05) is 7.05 Å². The number of carbonyl (C=O) groups excluding carboxylic acids is 1. The maximum absolute atomic E-state index is 10.5. The summed E-state index contributed by atoms with van der Waals surface area (Å²) in [5, 5.41) is 5.84. The number of likely N-dealkylation sites (N-methyl/N-ethyl adjacent to an activating group) is 1. The van der Waals surface area contributed by atoms with E-state index in [0.717, 1.165) is 13.1 Å². The maximum atomic E-state index is 10.5. The summed E-state index contributed by atoms with van der Waals surface area (Å²) in [6, 6.07) is 0. The first-order valence-corrected chi connectivity index (χ1v) is 3.23. The predicted octanol–water partition coefficient (Wildman–Crippen LogP) is -0.188. The Labute approximate surface area is 85.2 Å². The van der Waals surface area contributed by atoms with Crippen molar-refractivity contribution in [2.75, 3.05) is 33.8 Å². The van der Waals surface area contributed by atoms with Crippen LogP contribution in [-0.4, -0.2) is 39.8 Å². The van der Waals surface area contributed by atoms with Crippen molar-refractivity contribution < 1.29 is 9.53 Å². The molecule has 0 unspecified atom stereocenters. The molecule has 0 rings (SSSR count). The Kier molecular flexibility index (Phi) is 20.2. The minimum atomic E-state index is -0.226. The van der Waals surface area contributed by atoms with Crippen molar-refractivity contribution in [1.82, 2.24) is 10.6 Å². The molecule has 0 heterocycles. The highest BCUT2D eigenvalue weighted by Gasteiger charge is 1.95. The van der Waals surface area contributed by atoms with Crippen molar-refractivity contribution in [1.29, 1.82) is 0 Å². The van der Waals surface area contributed by atoms with Crippen LogP contribution in [0.5, 0.6) is 0 Å². The van der Waals surface area contributed by atoms with Crippen LogP contribution in [0.25, 0.3) is 0 Å². The van der Waals surface area contributed by atoms with Crippen LogP contribution >= 0.6 is 24.8 Å². The molecule has 0 fully saturated rings. The second kappa shape index (κ2) is 13.6. The Bertz CT molecular complexity index is 104. The summed E-state index contributed by atoms with van der Waals surface area (Å²) >= 11 is 0. The first-order valence-electron chi connectivity index (χ1n) is 3.23. The molecule has 0 aromatic carbocycles. The minimum absolute atomic E-state index is 0. The van der Waals surface area contributed by atoms with Gasteiger partial charge in [-0.3, -0.25) is 4.79 Å². The number of rotatable bonds is 5. The molecule has 4 nitrogen and oxygen atoms in total. The third-order valence-corrected chi connectivity index (χ3v) is 1.05. The van der Waals surface area contributed by atoms with E-state index in [9.17, 15) is 4.79 Å². The van der Waals surface area contributed by atoms with Gasteiger partial charge >= 0.3 is 5.97 Å². The smallest absolute Gasteiger partial charge is 0.319 e. The summed E-state index contributed by atoms with van der Waals surface area (Å²) < 4.78 is 4.41. The molecule has 12 heavy (non-hydrogen) atoms. The number of methoxy groups -OCH3 is 1. The largest absolute Gasteiger partial charge is 0.468 e. The third kappa shape index (κ3) is 12.6. The average Bonchev–Trinajstić information content (AvgIpc) is 1.98. The normalized spacial score (nSPS) is 7.83. The predicted molar refractivity (Wildman–Crippen MR) is 53.3 cm³/mol. The van der Waals surface area contributed by atoms with Gasteiger partial charge in [0.1, 0.15) is 0 Å². The van der Waals surface area contributed by atoms with Crippen molar-refractivity contribution in [3.63, 3.8) is 0 Å². The van der Waals surface area contributed by atoms with E-state index in [1.54, 1.807) is 0 Å². The fourth-order valence-electron chi connectivity index (χ4n) is 0.476. The van der Waals surface area contributed by atoms with Gasteiger partial charge in [0.15, 0.2) is 0 Å². The SMILES string of the molecule is CNCCNCC(=O)OC.Cl.Cl. The zero-order valence-corrected chi connectivity index (χ0v) is 8.89. The topological polar surface area (TPSA) is 50.4 Å². The third-order valence-electron chi connectivity index (χ3n) is 1.05. The molecule has 0 saturated heterocycles. The highest BCUT2D eigenvalue weighted by atomic mass is 35.5. The highest BCUT2D eigenvalue weighted by molar-refractivity contribution is 5.85. The van der Waals surface area contributed by atoms with E-state index in [0.29, 0.717) is 0 Å². The Morgan fingerprint density at radius 2 is 1.92 bits per heavy atom. The monoisotopic (exact) mass is 218 g/mol. The van der Waals surface area contributed by atoms with Gasteiger partial charge in [0, 0.05) is 13.1 Å². The van der Waals surface area contributed by atoms with Gasteiger partial charge < -0.3 is 15.4 Å². The number of hydrogen-bond acceptors (Lipinski definition) is 4. The highest BCUT2D eigenvalue weighted by Crippen LogP contribution is 1.67. The van der Waals surface area contributed by atoms with Crippen molar-refractivity contribution >= 4 is 30.8 Å². The van der Waals surface area contributed by atoms with E-state index in [2.05, 4.69) is 15.4 Å². The fraction of sp³-hybridized carbons (Fsp3) is 0.833. The van der Waals surface area contributed by atoms with Gasteiger partial charge in [0.2, 0.25) is 0 Å². The summed E-state index contributed by atoms with van der Waals surface area (Å²) in [7, 11) is 3.24. The van der Waals surface area contributed by atoms with Crippen molar-refractivity contribution in [2.45, 2.75) is 0 Å². The molecule has 0 aromatic rings. The summed E-state index contributed by atoms with van der Waals surface area (Å²) in [5.41, 5.74) is 0. The zero-order chi connectivity index (χ0) is 7.82. The quantitative estimate of drug-likeness (QED) is 0.497. The maximum Gasteiger partial charge on any atom is 0.319 e. The standard InChI is InChI=1S/C6H14N2O2.2ClH/c1-7-3-4-8-5-6(9)10-2;;/h7-8H,3-5H2,1-2H3;2*1H. The molecule has 0 radical (unpaired) electrons. The molecule has 0 aliphatic carbocycles. The minimum Gasteiger partial charge on any atom is -0.468 e. The number of esters is 1. The summed E-state index contributed by atoms with van der Waals surface area (Å²) in [5.74, 6) is -0.226. The van der Waals surface area contributed by atoms with Crippen LogP contribution in [-0.2, 0) is 9.53 Å². The van der Waals surface area contributed by atoms with Crippen LogP contribution in [0, 0.1) is 0 Å². The molecule has 0 aromatic heterocycles. The van der Waals surface area contributed by atoms with Gasteiger partial charge in [-0.05, 0) is 7.05 Å². The Morgan fingerprint density at radius 3 is 2.33 bits per heavy atom. The summed E-state index contributed by atoms with van der Waals surface area (Å²) in [6.07, 6.45) is 0. The summed E-state index contributed by atoms with van der Waals surface area (Å²) in [6.45, 7) is 1.93. The molecular formula is C6H16Cl2N2O2. The number of nitrogens with one attached hydrogen (secondary N) is 2. The van der Waals surface area contributed by atoms with Gasteiger partial charge in [-0.1, -0.05) is 0 Å². The van der Waals surface area contributed by atoms with E-state index >= 15 is 0 Å². The second-order valence-electron chi connectivity index (χ2n) is 1.86. The molecule has 0 aliphatic heterocycles. The molecule has 0 aliphatic rings. The van der Waals surface area contributed by atoms with Crippen LogP contribution in [0.2, 0.25) is 0 Å². The van der Waals surface area contributed by atoms with Gasteiger partial charge in [0.05, 0.1) is 13.7 Å². The number of hydrogen-bond donors (Lipinski definition) is 2. The van der Waals surface area contributed by atoms with Crippen LogP contribution in [0.1, 0.15) is 0 Å². The molecule has 6 heteroatoms. The zero-order valence-electron chi connectivity index (χ0n) is 7.25. The van der Waals surface area contributed by atoms with Crippen LogP contribution in [0.3, 0.4) is 0 Å². The number of carbonyl (C=O) groups is 1. The van der Waals surface area contributed by atoms with Crippen molar-refractivity contribution in [2.24, 2.45) is 0 Å². The van der Waals surface area contributed by atoms with E-state index in [1.165, 1.54) is 7.11 Å². The fourth-order valence-corrected chi connectivity index (χ4v) is 0.476. The van der Waals surface area contributed by atoms with Gasteiger partial charge in [-0.25, -0.2) is 0 Å². The van der Waals surface area contributed by atoms with Crippen molar-refractivity contribution in [3.05, 3.63) is 0 Å².